The molecule has 2 unspecified atom stereocenters. The zero-order valence-electron chi connectivity index (χ0n) is 12.8. The third kappa shape index (κ3) is 4.75. The highest BCUT2D eigenvalue weighted by atomic mass is 32.2. The predicted octanol–water partition coefficient (Wildman–Crippen LogP) is 1.95. The van der Waals surface area contributed by atoms with E-state index in [9.17, 15) is 8.42 Å². The zero-order valence-corrected chi connectivity index (χ0v) is 14.4. The minimum absolute atomic E-state index is 0.127. The molecular formula is C14H24N2O3S2. The smallest absolute Gasteiger partial charge is 0.250 e. The summed E-state index contributed by atoms with van der Waals surface area (Å²) in [5.74, 6) is 0.266. The van der Waals surface area contributed by atoms with Gasteiger partial charge in [0, 0.05) is 36.5 Å². The number of rotatable bonds is 7. The van der Waals surface area contributed by atoms with Crippen molar-refractivity contribution in [2.24, 2.45) is 5.92 Å². The molecule has 21 heavy (non-hydrogen) atoms. The van der Waals surface area contributed by atoms with Crippen LogP contribution in [0.15, 0.2) is 16.3 Å². The van der Waals surface area contributed by atoms with Crippen LogP contribution in [0.25, 0.3) is 0 Å². The lowest BCUT2D eigenvalue weighted by molar-refractivity contribution is 0.107. The molecular weight excluding hydrogens is 308 g/mol. The summed E-state index contributed by atoms with van der Waals surface area (Å²) in [5.41, 5.74) is 0. The third-order valence-corrected chi connectivity index (χ3v) is 6.66. The lowest BCUT2D eigenvalue weighted by Gasteiger charge is -2.14. The van der Waals surface area contributed by atoms with Crippen LogP contribution < -0.4 is 10.0 Å². The van der Waals surface area contributed by atoms with Crippen LogP contribution in [-0.4, -0.2) is 33.7 Å². The minimum Gasteiger partial charge on any atom is -0.378 e. The maximum absolute atomic E-state index is 12.3. The molecule has 120 valence electrons. The van der Waals surface area contributed by atoms with E-state index < -0.39 is 10.0 Å². The van der Waals surface area contributed by atoms with Crippen molar-refractivity contribution in [2.45, 2.75) is 50.1 Å². The molecule has 0 radical (unpaired) electrons. The maximum atomic E-state index is 12.3. The van der Waals surface area contributed by atoms with Crippen LogP contribution in [0.3, 0.4) is 0 Å². The van der Waals surface area contributed by atoms with Gasteiger partial charge in [0.1, 0.15) is 4.21 Å². The average Bonchev–Trinajstić information content (AvgIpc) is 3.03. The van der Waals surface area contributed by atoms with E-state index in [-0.39, 0.29) is 12.0 Å². The van der Waals surface area contributed by atoms with Crippen LogP contribution in [-0.2, 0) is 21.3 Å². The quantitative estimate of drug-likeness (QED) is 0.801. The Morgan fingerprint density at radius 2 is 2.19 bits per heavy atom. The van der Waals surface area contributed by atoms with Crippen LogP contribution in [0.5, 0.6) is 0 Å². The fourth-order valence-electron chi connectivity index (χ4n) is 2.23. The summed E-state index contributed by atoms with van der Waals surface area (Å²) < 4.78 is 33.1. The molecule has 5 nitrogen and oxygen atoms in total. The molecule has 1 fully saturated rings. The van der Waals surface area contributed by atoms with E-state index in [0.29, 0.717) is 23.3 Å². The molecule has 1 aliphatic heterocycles. The molecule has 0 aliphatic carbocycles. The number of sulfonamides is 1. The van der Waals surface area contributed by atoms with Gasteiger partial charge in [0.05, 0.1) is 6.10 Å². The second-order valence-electron chi connectivity index (χ2n) is 5.73. The highest BCUT2D eigenvalue weighted by Gasteiger charge is 2.26. The Kier molecular flexibility index (Phi) is 5.79. The standard InChI is InChI=1S/C14H24N2O3S2/c1-10(2)15-9-13-4-5-14(20-13)21(17,18)16-8-12-6-7-19-11(12)3/h4-5,10-12,15-16H,6-9H2,1-3H3. The number of thiophene rings is 1. The lowest BCUT2D eigenvalue weighted by atomic mass is 10.0. The van der Waals surface area contributed by atoms with Crippen molar-refractivity contribution in [1.82, 2.24) is 10.0 Å². The van der Waals surface area contributed by atoms with Gasteiger partial charge in [0.15, 0.2) is 0 Å². The molecule has 1 aliphatic rings. The number of ether oxygens (including phenoxy) is 1. The molecule has 0 amide bonds. The van der Waals surface area contributed by atoms with Crippen molar-refractivity contribution in [2.75, 3.05) is 13.2 Å². The molecule has 2 heterocycles. The highest BCUT2D eigenvalue weighted by Crippen LogP contribution is 2.23. The third-order valence-electron chi connectivity index (χ3n) is 3.66. The average molecular weight is 332 g/mol. The van der Waals surface area contributed by atoms with E-state index in [2.05, 4.69) is 23.9 Å². The summed E-state index contributed by atoms with van der Waals surface area (Å²) in [5, 5.41) is 3.29. The largest absolute Gasteiger partial charge is 0.378 e. The lowest BCUT2D eigenvalue weighted by Crippen LogP contribution is -2.31. The van der Waals surface area contributed by atoms with Crippen LogP contribution >= 0.6 is 11.3 Å². The molecule has 1 aromatic heterocycles. The summed E-state index contributed by atoms with van der Waals surface area (Å²) in [4.78, 5) is 1.03. The zero-order chi connectivity index (χ0) is 15.5. The van der Waals surface area contributed by atoms with E-state index in [1.165, 1.54) is 11.3 Å². The molecule has 1 aromatic rings. The minimum atomic E-state index is -3.40. The van der Waals surface area contributed by atoms with Crippen molar-refractivity contribution in [3.8, 4) is 0 Å². The summed E-state index contributed by atoms with van der Waals surface area (Å²) in [6.07, 6.45) is 1.04. The van der Waals surface area contributed by atoms with Gasteiger partial charge >= 0.3 is 0 Å². The maximum Gasteiger partial charge on any atom is 0.250 e. The Hall–Kier alpha value is -0.470. The van der Waals surface area contributed by atoms with Crippen molar-refractivity contribution >= 4 is 21.4 Å². The fourth-order valence-corrected chi connectivity index (χ4v) is 4.68. The molecule has 2 atom stereocenters. The van der Waals surface area contributed by atoms with Crippen molar-refractivity contribution in [3.05, 3.63) is 17.0 Å². The Morgan fingerprint density at radius 3 is 2.81 bits per heavy atom. The second-order valence-corrected chi connectivity index (χ2v) is 8.90. The van der Waals surface area contributed by atoms with Crippen LogP contribution in [0.1, 0.15) is 32.1 Å². The summed E-state index contributed by atoms with van der Waals surface area (Å²) in [6, 6.07) is 3.93. The van der Waals surface area contributed by atoms with Gasteiger partial charge in [-0.05, 0) is 25.5 Å². The normalized spacial score (nSPS) is 23.0. The Bertz CT molecular complexity index is 554. The summed E-state index contributed by atoms with van der Waals surface area (Å²) in [7, 11) is -3.40. The van der Waals surface area contributed by atoms with Gasteiger partial charge in [-0.2, -0.15) is 0 Å². The van der Waals surface area contributed by atoms with E-state index >= 15 is 0 Å². The Labute approximate surface area is 131 Å². The van der Waals surface area contributed by atoms with E-state index in [1.807, 2.05) is 13.0 Å². The number of nitrogens with one attached hydrogen (secondary N) is 2. The first kappa shape index (κ1) is 16.9. The molecule has 7 heteroatoms. The molecule has 0 spiro atoms. The topological polar surface area (TPSA) is 67.4 Å². The summed E-state index contributed by atoms with van der Waals surface area (Å²) in [6.45, 7) is 7.99. The van der Waals surface area contributed by atoms with Gasteiger partial charge < -0.3 is 10.1 Å². The Morgan fingerprint density at radius 1 is 1.43 bits per heavy atom. The second kappa shape index (κ2) is 7.19. The van der Waals surface area contributed by atoms with Gasteiger partial charge in [-0.15, -0.1) is 11.3 Å². The SMILES string of the molecule is CC(C)NCc1ccc(S(=O)(=O)NCC2CCOC2C)s1. The van der Waals surface area contributed by atoms with Gasteiger partial charge in [-0.3, -0.25) is 0 Å². The van der Waals surface area contributed by atoms with E-state index in [4.69, 9.17) is 4.74 Å². The first-order valence-corrected chi connectivity index (χ1v) is 9.62. The first-order chi connectivity index (χ1) is 9.88. The Balaban J connectivity index is 1.92. The number of hydrogen-bond acceptors (Lipinski definition) is 5. The van der Waals surface area contributed by atoms with Gasteiger partial charge in [0.2, 0.25) is 10.0 Å². The fraction of sp³-hybridized carbons (Fsp3) is 0.714. The molecule has 2 rings (SSSR count). The van der Waals surface area contributed by atoms with Gasteiger partial charge in [-0.25, -0.2) is 13.1 Å². The molecule has 2 N–H and O–H groups in total. The van der Waals surface area contributed by atoms with Crippen molar-refractivity contribution in [1.29, 1.82) is 0 Å². The number of hydrogen-bond donors (Lipinski definition) is 2. The summed E-state index contributed by atoms with van der Waals surface area (Å²) >= 11 is 1.32. The molecule has 0 bridgehead atoms. The van der Waals surface area contributed by atoms with Crippen LogP contribution in [0.4, 0.5) is 0 Å². The van der Waals surface area contributed by atoms with Crippen molar-refractivity contribution < 1.29 is 13.2 Å². The van der Waals surface area contributed by atoms with Gasteiger partial charge in [-0.1, -0.05) is 13.8 Å². The van der Waals surface area contributed by atoms with E-state index in [0.717, 1.165) is 17.9 Å². The van der Waals surface area contributed by atoms with Crippen LogP contribution in [0.2, 0.25) is 0 Å². The molecule has 0 aromatic carbocycles. The van der Waals surface area contributed by atoms with Crippen molar-refractivity contribution in [3.63, 3.8) is 0 Å². The molecule has 1 saturated heterocycles. The highest BCUT2D eigenvalue weighted by molar-refractivity contribution is 7.91. The van der Waals surface area contributed by atoms with Gasteiger partial charge in [0.25, 0.3) is 0 Å². The molecule has 0 saturated carbocycles. The van der Waals surface area contributed by atoms with Crippen LogP contribution in [0, 0.1) is 5.92 Å². The first-order valence-electron chi connectivity index (χ1n) is 7.32. The monoisotopic (exact) mass is 332 g/mol. The predicted molar refractivity (Wildman–Crippen MR) is 85.0 cm³/mol. The van der Waals surface area contributed by atoms with E-state index in [1.54, 1.807) is 6.07 Å².